The van der Waals surface area contributed by atoms with Gasteiger partial charge in [-0.1, -0.05) is 212 Å². The molecule has 12 aromatic rings. The van der Waals surface area contributed by atoms with Gasteiger partial charge in [-0.15, -0.1) is 0 Å². The van der Waals surface area contributed by atoms with Crippen LogP contribution in [0.1, 0.15) is 55.6 Å². The Balaban J connectivity index is 0.909. The maximum atomic E-state index is 2.41. The first-order valence-corrected chi connectivity index (χ1v) is 26.1. The summed E-state index contributed by atoms with van der Waals surface area (Å²) < 4.78 is 2.33. The molecule has 0 unspecified atom stereocenters. The lowest BCUT2D eigenvalue weighted by Gasteiger charge is -2.35. The Morgan fingerprint density at radius 2 is 0.680 bits per heavy atom. The number of aromatic nitrogens is 1. The monoisotopic (exact) mass is 959 g/mol. The van der Waals surface area contributed by atoms with E-state index in [1.54, 1.807) is 0 Å². The minimum atomic E-state index is -0.484. The van der Waals surface area contributed by atoms with Crippen molar-refractivity contribution >= 4 is 39.3 Å². The molecule has 0 aliphatic heterocycles. The van der Waals surface area contributed by atoms with Crippen LogP contribution >= 0.6 is 0 Å². The van der Waals surface area contributed by atoms with Gasteiger partial charge in [-0.25, -0.2) is 5.01 Å². The van der Waals surface area contributed by atoms with Crippen LogP contribution < -0.4 is 9.91 Å². The SMILES string of the molecule is Cc1cccc(N(c2ccc(C3(c4ccccc4)c4ccccc4-c4ccccc43)cc2)c2ccc3ccn(N(c4ccc(C5(c6ccccc6)c6ccccc6-c6ccccc65)cc4)c4cccc(C)c4)c3c2)c1. The summed E-state index contributed by atoms with van der Waals surface area (Å²) in [6.07, 6.45) is 2.21. The summed E-state index contributed by atoms with van der Waals surface area (Å²) in [5.41, 5.74) is 23.3. The van der Waals surface area contributed by atoms with Gasteiger partial charge >= 0.3 is 0 Å². The summed E-state index contributed by atoms with van der Waals surface area (Å²) in [5.74, 6) is 0. The molecule has 2 aliphatic carbocycles. The van der Waals surface area contributed by atoms with Crippen molar-refractivity contribution in [3.63, 3.8) is 0 Å². The quantitative estimate of drug-likeness (QED) is 0.135. The molecule has 0 amide bonds. The van der Waals surface area contributed by atoms with Crippen LogP contribution in [-0.4, -0.2) is 4.68 Å². The topological polar surface area (TPSA) is 11.4 Å². The van der Waals surface area contributed by atoms with Gasteiger partial charge in [0.25, 0.3) is 0 Å². The molecule has 75 heavy (non-hydrogen) atoms. The highest BCUT2D eigenvalue weighted by atomic mass is 15.5. The van der Waals surface area contributed by atoms with Crippen molar-refractivity contribution in [2.75, 3.05) is 9.91 Å². The minimum Gasteiger partial charge on any atom is -0.310 e. The highest BCUT2D eigenvalue weighted by Crippen LogP contribution is 2.58. The van der Waals surface area contributed by atoms with E-state index in [-0.39, 0.29) is 0 Å². The van der Waals surface area contributed by atoms with Crippen LogP contribution in [0.3, 0.4) is 0 Å². The van der Waals surface area contributed by atoms with E-state index in [0.29, 0.717) is 0 Å². The van der Waals surface area contributed by atoms with E-state index in [9.17, 15) is 0 Å². The van der Waals surface area contributed by atoms with Crippen molar-refractivity contribution < 1.29 is 0 Å². The summed E-state index contributed by atoms with van der Waals surface area (Å²) in [4.78, 5) is 2.41. The second-order valence-electron chi connectivity index (χ2n) is 20.2. The predicted molar refractivity (Wildman–Crippen MR) is 311 cm³/mol. The fourth-order valence-corrected chi connectivity index (χ4v) is 12.9. The molecule has 0 saturated heterocycles. The Labute approximate surface area is 439 Å². The Kier molecular flexibility index (Phi) is 10.4. The van der Waals surface area contributed by atoms with E-state index < -0.39 is 10.8 Å². The highest BCUT2D eigenvalue weighted by molar-refractivity contribution is 5.91. The molecule has 3 heteroatoms. The van der Waals surface area contributed by atoms with Crippen LogP contribution in [0.5, 0.6) is 0 Å². The van der Waals surface area contributed by atoms with Gasteiger partial charge in [0.1, 0.15) is 0 Å². The lowest BCUT2D eigenvalue weighted by Crippen LogP contribution is -2.29. The van der Waals surface area contributed by atoms with Gasteiger partial charge in [0.2, 0.25) is 0 Å². The molecule has 0 saturated carbocycles. The molecule has 14 rings (SSSR count). The minimum absolute atomic E-state index is 0.480. The summed E-state index contributed by atoms with van der Waals surface area (Å²) in [6.45, 7) is 4.35. The third-order valence-electron chi connectivity index (χ3n) is 16.1. The van der Waals surface area contributed by atoms with Crippen molar-refractivity contribution in [3.8, 4) is 22.3 Å². The molecular formula is C72H53N3. The van der Waals surface area contributed by atoms with Crippen molar-refractivity contribution in [1.82, 2.24) is 4.68 Å². The van der Waals surface area contributed by atoms with E-state index in [0.717, 1.165) is 39.3 Å². The molecule has 2 aliphatic rings. The number of anilines is 5. The second kappa shape index (κ2) is 17.7. The average Bonchev–Trinajstić information content (AvgIpc) is 4.13. The molecular weight excluding hydrogens is 907 g/mol. The number of hydrogen-bond acceptors (Lipinski definition) is 2. The first kappa shape index (κ1) is 44.3. The molecule has 0 bridgehead atoms. The van der Waals surface area contributed by atoms with Crippen LogP contribution in [0, 0.1) is 13.8 Å². The smallest absolute Gasteiger partial charge is 0.0723 e. The van der Waals surface area contributed by atoms with Crippen molar-refractivity contribution in [1.29, 1.82) is 0 Å². The van der Waals surface area contributed by atoms with Crippen molar-refractivity contribution in [2.24, 2.45) is 0 Å². The molecule has 1 aromatic heterocycles. The lowest BCUT2D eigenvalue weighted by molar-refractivity contribution is 0.767. The van der Waals surface area contributed by atoms with Crippen LogP contribution in [0.4, 0.5) is 28.4 Å². The third kappa shape index (κ3) is 6.81. The van der Waals surface area contributed by atoms with E-state index in [1.807, 2.05) is 0 Å². The summed E-state index contributed by atoms with van der Waals surface area (Å²) in [6, 6.07) is 103. The second-order valence-corrected chi connectivity index (χ2v) is 20.2. The van der Waals surface area contributed by atoms with Gasteiger partial charge in [-0.05, 0) is 158 Å². The Morgan fingerprint density at radius 3 is 1.16 bits per heavy atom. The molecule has 0 spiro atoms. The Bertz CT molecular complexity index is 4000. The van der Waals surface area contributed by atoms with Gasteiger partial charge in [0.15, 0.2) is 0 Å². The number of hydrogen-bond donors (Lipinski definition) is 0. The first-order valence-electron chi connectivity index (χ1n) is 26.1. The maximum absolute atomic E-state index is 2.41. The highest BCUT2D eigenvalue weighted by Gasteiger charge is 2.47. The first-order chi connectivity index (χ1) is 37.0. The predicted octanol–water partition coefficient (Wildman–Crippen LogP) is 18.1. The fourth-order valence-electron chi connectivity index (χ4n) is 12.9. The van der Waals surface area contributed by atoms with Crippen molar-refractivity contribution in [3.05, 3.63) is 341 Å². The van der Waals surface area contributed by atoms with Crippen molar-refractivity contribution in [2.45, 2.75) is 24.7 Å². The zero-order valence-corrected chi connectivity index (χ0v) is 42.0. The number of nitrogens with zero attached hydrogens (tertiary/aromatic N) is 3. The summed E-state index contributed by atoms with van der Waals surface area (Å²) >= 11 is 0. The summed E-state index contributed by atoms with van der Waals surface area (Å²) in [7, 11) is 0. The molecule has 1 heterocycles. The van der Waals surface area contributed by atoms with E-state index in [2.05, 4.69) is 314 Å². The number of aryl methyl sites for hydroxylation is 2. The summed E-state index contributed by atoms with van der Waals surface area (Å²) in [5, 5.41) is 3.51. The normalized spacial score (nSPS) is 13.4. The van der Waals surface area contributed by atoms with Crippen LogP contribution in [0.25, 0.3) is 33.2 Å². The van der Waals surface area contributed by atoms with Gasteiger partial charge < -0.3 is 4.90 Å². The van der Waals surface area contributed by atoms with Gasteiger partial charge in [-0.2, -0.15) is 0 Å². The molecule has 3 nitrogen and oxygen atoms in total. The fraction of sp³-hybridized carbons (Fsp3) is 0.0556. The largest absolute Gasteiger partial charge is 0.310 e. The number of fused-ring (bicyclic) bond motifs is 7. The molecule has 0 fully saturated rings. The maximum Gasteiger partial charge on any atom is 0.0723 e. The molecule has 356 valence electrons. The molecule has 0 atom stereocenters. The van der Waals surface area contributed by atoms with Crippen LogP contribution in [-0.2, 0) is 10.8 Å². The molecule has 0 radical (unpaired) electrons. The molecule has 0 N–H and O–H groups in total. The standard InChI is InChI=1S/C72H53N3/c1-50-19-17-25-59(47-50)74(57-41-36-55(37-42-57)71(53-21-5-3-6-22-53)66-31-13-9-27-62(66)63-28-10-14-32-67(63)71)60-40-35-52-45-46-73(70(52)49-60)75(61-26-18-20-51(2)48-61)58-43-38-56(39-44-58)72(54-23-7-4-8-24-54)68-33-15-11-29-64(68)65-30-12-16-34-69(65)72/h3-49H,1-2H3. The third-order valence-corrected chi connectivity index (χ3v) is 16.1. The van der Waals surface area contributed by atoms with E-state index in [4.69, 9.17) is 0 Å². The van der Waals surface area contributed by atoms with Crippen LogP contribution in [0.15, 0.2) is 285 Å². The van der Waals surface area contributed by atoms with E-state index in [1.165, 1.54) is 77.9 Å². The number of rotatable bonds is 10. The van der Waals surface area contributed by atoms with Gasteiger partial charge in [-0.3, -0.25) is 4.68 Å². The lowest BCUT2D eigenvalue weighted by atomic mass is 9.68. The number of benzene rings is 11. The van der Waals surface area contributed by atoms with Gasteiger partial charge in [0, 0.05) is 28.6 Å². The molecule has 11 aromatic carbocycles. The Hall–Kier alpha value is -9.44. The van der Waals surface area contributed by atoms with Gasteiger partial charge in [0.05, 0.1) is 27.7 Å². The zero-order chi connectivity index (χ0) is 50.1. The van der Waals surface area contributed by atoms with Crippen LogP contribution in [0.2, 0.25) is 0 Å². The Morgan fingerprint density at radius 1 is 0.293 bits per heavy atom. The van der Waals surface area contributed by atoms with E-state index >= 15 is 0 Å². The average molecular weight is 960 g/mol. The zero-order valence-electron chi connectivity index (χ0n) is 42.0.